The fourth-order valence-corrected chi connectivity index (χ4v) is 2.24. The monoisotopic (exact) mass is 227 g/mol. The van der Waals surface area contributed by atoms with Crippen LogP contribution in [0.3, 0.4) is 0 Å². The smallest absolute Gasteiger partial charge is 0.137 e. The van der Waals surface area contributed by atoms with E-state index in [0.29, 0.717) is 0 Å². The maximum Gasteiger partial charge on any atom is 0.137 e. The molecule has 2 aromatic rings. The fraction of sp³-hybridized carbons (Fsp3) is 0.429. The SMILES string of the molecule is CC(CNc1ncnc2ccccc12)C1CC1. The molecule has 1 heterocycles. The van der Waals surface area contributed by atoms with Crippen molar-refractivity contribution in [3.05, 3.63) is 30.6 Å². The summed E-state index contributed by atoms with van der Waals surface area (Å²) in [5, 5.41) is 4.57. The van der Waals surface area contributed by atoms with Gasteiger partial charge in [0.05, 0.1) is 5.52 Å². The Balaban J connectivity index is 1.79. The molecule has 0 radical (unpaired) electrons. The average molecular weight is 227 g/mol. The molecule has 0 aliphatic heterocycles. The van der Waals surface area contributed by atoms with Gasteiger partial charge in [0.25, 0.3) is 0 Å². The fourth-order valence-electron chi connectivity index (χ4n) is 2.24. The molecule has 3 heteroatoms. The maximum atomic E-state index is 4.34. The average Bonchev–Trinajstić information content (AvgIpc) is 3.20. The van der Waals surface area contributed by atoms with Crippen LogP contribution in [0.5, 0.6) is 0 Å². The van der Waals surface area contributed by atoms with Crippen LogP contribution in [0.1, 0.15) is 19.8 Å². The molecule has 1 saturated carbocycles. The molecule has 0 spiro atoms. The largest absolute Gasteiger partial charge is 0.369 e. The van der Waals surface area contributed by atoms with Crippen LogP contribution in [0.4, 0.5) is 5.82 Å². The molecule has 1 aliphatic carbocycles. The Kier molecular flexibility index (Phi) is 2.67. The third-order valence-electron chi connectivity index (χ3n) is 3.56. The first kappa shape index (κ1) is 10.5. The number of benzene rings is 1. The molecular formula is C14H17N3. The highest BCUT2D eigenvalue weighted by atomic mass is 15.0. The zero-order valence-electron chi connectivity index (χ0n) is 10.1. The van der Waals surface area contributed by atoms with Crippen molar-refractivity contribution in [3.8, 4) is 0 Å². The summed E-state index contributed by atoms with van der Waals surface area (Å²) in [7, 11) is 0. The van der Waals surface area contributed by atoms with Gasteiger partial charge in [0.15, 0.2) is 0 Å². The number of anilines is 1. The Morgan fingerprint density at radius 2 is 2.12 bits per heavy atom. The van der Waals surface area contributed by atoms with E-state index < -0.39 is 0 Å². The lowest BCUT2D eigenvalue weighted by atomic mass is 10.1. The third kappa shape index (κ3) is 2.23. The van der Waals surface area contributed by atoms with Crippen molar-refractivity contribution in [1.82, 2.24) is 9.97 Å². The quantitative estimate of drug-likeness (QED) is 0.872. The Morgan fingerprint density at radius 1 is 1.29 bits per heavy atom. The van der Waals surface area contributed by atoms with E-state index in [9.17, 15) is 0 Å². The molecule has 17 heavy (non-hydrogen) atoms. The molecule has 0 saturated heterocycles. The second-order valence-corrected chi connectivity index (χ2v) is 4.94. The minimum Gasteiger partial charge on any atom is -0.369 e. The van der Waals surface area contributed by atoms with Crippen LogP contribution in [-0.4, -0.2) is 16.5 Å². The number of nitrogens with one attached hydrogen (secondary N) is 1. The topological polar surface area (TPSA) is 37.8 Å². The molecule has 3 rings (SSSR count). The van der Waals surface area contributed by atoms with Gasteiger partial charge in [0, 0.05) is 11.9 Å². The number of aromatic nitrogens is 2. The summed E-state index contributed by atoms with van der Waals surface area (Å²) in [6.45, 7) is 3.32. The number of hydrogen-bond acceptors (Lipinski definition) is 3. The molecule has 1 aromatic carbocycles. The summed E-state index contributed by atoms with van der Waals surface area (Å²) < 4.78 is 0. The van der Waals surface area contributed by atoms with E-state index in [1.165, 1.54) is 12.8 Å². The summed E-state index contributed by atoms with van der Waals surface area (Å²) in [5.41, 5.74) is 1.00. The van der Waals surface area contributed by atoms with Gasteiger partial charge in [-0.1, -0.05) is 19.1 Å². The molecule has 3 nitrogen and oxygen atoms in total. The van der Waals surface area contributed by atoms with E-state index in [1.54, 1.807) is 6.33 Å². The van der Waals surface area contributed by atoms with Gasteiger partial charge in [-0.2, -0.15) is 0 Å². The van der Waals surface area contributed by atoms with Crippen LogP contribution in [0.25, 0.3) is 10.9 Å². The molecule has 1 atom stereocenters. The Hall–Kier alpha value is -1.64. The number of nitrogens with zero attached hydrogens (tertiary/aromatic N) is 2. The van der Waals surface area contributed by atoms with Gasteiger partial charge >= 0.3 is 0 Å². The van der Waals surface area contributed by atoms with Crippen LogP contribution in [0.15, 0.2) is 30.6 Å². The van der Waals surface area contributed by atoms with Crippen molar-refractivity contribution in [2.75, 3.05) is 11.9 Å². The van der Waals surface area contributed by atoms with Gasteiger partial charge in [-0.3, -0.25) is 0 Å². The lowest BCUT2D eigenvalue weighted by Gasteiger charge is -2.12. The summed E-state index contributed by atoms with van der Waals surface area (Å²) in [5.74, 6) is 2.63. The maximum absolute atomic E-state index is 4.34. The van der Waals surface area contributed by atoms with Crippen molar-refractivity contribution >= 4 is 16.7 Å². The number of hydrogen-bond donors (Lipinski definition) is 1. The summed E-state index contributed by atoms with van der Waals surface area (Å²) in [6.07, 6.45) is 4.42. The second-order valence-electron chi connectivity index (χ2n) is 4.94. The molecule has 88 valence electrons. The van der Waals surface area contributed by atoms with E-state index in [-0.39, 0.29) is 0 Å². The van der Waals surface area contributed by atoms with Crippen LogP contribution in [-0.2, 0) is 0 Å². The molecule has 0 bridgehead atoms. The van der Waals surface area contributed by atoms with E-state index in [2.05, 4.69) is 28.3 Å². The van der Waals surface area contributed by atoms with Crippen molar-refractivity contribution in [2.45, 2.75) is 19.8 Å². The van der Waals surface area contributed by atoms with Gasteiger partial charge < -0.3 is 5.32 Å². The molecule has 0 amide bonds. The van der Waals surface area contributed by atoms with Crippen molar-refractivity contribution in [1.29, 1.82) is 0 Å². The highest BCUT2D eigenvalue weighted by Gasteiger charge is 2.27. The normalized spacial score (nSPS) is 17.0. The lowest BCUT2D eigenvalue weighted by Crippen LogP contribution is -2.14. The van der Waals surface area contributed by atoms with Crippen molar-refractivity contribution in [2.24, 2.45) is 11.8 Å². The van der Waals surface area contributed by atoms with Crippen LogP contribution in [0.2, 0.25) is 0 Å². The van der Waals surface area contributed by atoms with Crippen molar-refractivity contribution in [3.63, 3.8) is 0 Å². The van der Waals surface area contributed by atoms with Gasteiger partial charge in [-0.05, 0) is 36.8 Å². The zero-order chi connectivity index (χ0) is 11.7. The van der Waals surface area contributed by atoms with Gasteiger partial charge in [0.2, 0.25) is 0 Å². The number of fused-ring (bicyclic) bond motifs is 1. The Labute approximate surface area is 101 Å². The zero-order valence-corrected chi connectivity index (χ0v) is 10.1. The van der Waals surface area contributed by atoms with Crippen molar-refractivity contribution < 1.29 is 0 Å². The molecule has 1 N–H and O–H groups in total. The highest BCUT2D eigenvalue weighted by Crippen LogP contribution is 2.36. The predicted molar refractivity (Wildman–Crippen MR) is 69.9 cm³/mol. The first-order valence-corrected chi connectivity index (χ1v) is 6.28. The third-order valence-corrected chi connectivity index (χ3v) is 3.56. The summed E-state index contributed by atoms with van der Waals surface area (Å²) >= 11 is 0. The van der Waals surface area contributed by atoms with E-state index in [1.807, 2.05) is 18.2 Å². The van der Waals surface area contributed by atoms with Crippen LogP contribution < -0.4 is 5.32 Å². The second kappa shape index (κ2) is 4.32. The van der Waals surface area contributed by atoms with E-state index in [4.69, 9.17) is 0 Å². The molecular weight excluding hydrogens is 210 g/mol. The summed E-state index contributed by atoms with van der Waals surface area (Å²) in [6, 6.07) is 8.12. The predicted octanol–water partition coefficient (Wildman–Crippen LogP) is 3.09. The molecule has 1 fully saturated rings. The Bertz CT molecular complexity index is 514. The molecule has 1 aliphatic rings. The minimum atomic E-state index is 0.740. The number of rotatable bonds is 4. The molecule has 1 unspecified atom stereocenters. The van der Waals surface area contributed by atoms with Crippen LogP contribution >= 0.6 is 0 Å². The first-order valence-electron chi connectivity index (χ1n) is 6.28. The van der Waals surface area contributed by atoms with E-state index >= 15 is 0 Å². The standard InChI is InChI=1S/C14H17N3/c1-10(11-6-7-11)8-15-14-12-4-2-3-5-13(12)16-9-17-14/h2-5,9-11H,6-8H2,1H3,(H,15,16,17). The minimum absolute atomic E-state index is 0.740. The lowest BCUT2D eigenvalue weighted by molar-refractivity contribution is 0.536. The number of para-hydroxylation sites is 1. The summed E-state index contributed by atoms with van der Waals surface area (Å²) in [4.78, 5) is 8.60. The van der Waals surface area contributed by atoms with Gasteiger partial charge in [-0.25, -0.2) is 9.97 Å². The Morgan fingerprint density at radius 3 is 2.94 bits per heavy atom. The highest BCUT2D eigenvalue weighted by molar-refractivity contribution is 5.88. The first-order chi connectivity index (χ1) is 8.34. The van der Waals surface area contributed by atoms with Gasteiger partial charge in [-0.15, -0.1) is 0 Å². The van der Waals surface area contributed by atoms with E-state index in [0.717, 1.165) is 35.1 Å². The van der Waals surface area contributed by atoms with Crippen LogP contribution in [0, 0.1) is 11.8 Å². The molecule has 1 aromatic heterocycles. The van der Waals surface area contributed by atoms with Gasteiger partial charge in [0.1, 0.15) is 12.1 Å².